The topological polar surface area (TPSA) is 88.2 Å². The van der Waals surface area contributed by atoms with Gasteiger partial charge in [0.15, 0.2) is 0 Å². The van der Waals surface area contributed by atoms with Crippen LogP contribution in [0.3, 0.4) is 0 Å². The van der Waals surface area contributed by atoms with Crippen LogP contribution in [0.1, 0.15) is 16.1 Å². The van der Waals surface area contributed by atoms with Gasteiger partial charge in [-0.15, -0.1) is 0 Å². The minimum absolute atomic E-state index is 0.126. The molecule has 1 amide bonds. The van der Waals surface area contributed by atoms with E-state index in [9.17, 15) is 9.90 Å². The number of rotatable bonds is 2. The van der Waals surface area contributed by atoms with Crippen molar-refractivity contribution in [2.75, 3.05) is 11.1 Å². The van der Waals surface area contributed by atoms with Crippen LogP contribution in [0.15, 0.2) is 30.3 Å². The van der Waals surface area contributed by atoms with Crippen LogP contribution in [0, 0.1) is 6.92 Å². The molecule has 2 rings (SSSR count). The molecule has 0 spiro atoms. The van der Waals surface area contributed by atoms with Crippen molar-refractivity contribution in [1.82, 2.24) is 4.98 Å². The number of nitrogens with zero attached hydrogens (tertiary/aromatic N) is 1. The summed E-state index contributed by atoms with van der Waals surface area (Å²) >= 11 is 5.74. The lowest BCUT2D eigenvalue weighted by Gasteiger charge is -2.08. The number of phenolic OH excluding ortho intramolecular Hbond substituents is 1. The maximum Gasteiger partial charge on any atom is 0.255 e. The highest BCUT2D eigenvalue weighted by molar-refractivity contribution is 6.29. The monoisotopic (exact) mass is 277 g/mol. The minimum Gasteiger partial charge on any atom is -0.506 e. The molecule has 0 bridgehead atoms. The number of phenols is 1. The Balaban J connectivity index is 2.23. The number of aromatic nitrogens is 1. The molecule has 1 aromatic heterocycles. The van der Waals surface area contributed by atoms with Gasteiger partial charge < -0.3 is 16.2 Å². The second kappa shape index (κ2) is 5.16. The predicted molar refractivity (Wildman–Crippen MR) is 74.5 cm³/mol. The molecule has 0 fully saturated rings. The first kappa shape index (κ1) is 13.2. The molecule has 0 atom stereocenters. The number of nitrogens with two attached hydrogens (primary N) is 1. The van der Waals surface area contributed by atoms with Crippen molar-refractivity contribution in [1.29, 1.82) is 0 Å². The molecule has 0 aliphatic carbocycles. The summed E-state index contributed by atoms with van der Waals surface area (Å²) in [4.78, 5) is 16.0. The summed E-state index contributed by atoms with van der Waals surface area (Å²) in [5, 5.41) is 12.5. The van der Waals surface area contributed by atoms with Gasteiger partial charge >= 0.3 is 0 Å². The summed E-state index contributed by atoms with van der Waals surface area (Å²) in [7, 11) is 0. The maximum absolute atomic E-state index is 12.0. The highest BCUT2D eigenvalue weighted by atomic mass is 35.5. The average Bonchev–Trinajstić information content (AvgIpc) is 2.36. The Labute approximate surface area is 115 Å². The molecule has 0 saturated heterocycles. The highest BCUT2D eigenvalue weighted by Gasteiger charge is 2.10. The molecule has 0 saturated carbocycles. The zero-order chi connectivity index (χ0) is 14.0. The number of benzene rings is 1. The fraction of sp³-hybridized carbons (Fsp3) is 0.0769. The van der Waals surface area contributed by atoms with Crippen LogP contribution >= 0.6 is 11.6 Å². The second-order valence-electron chi connectivity index (χ2n) is 3.99. The molecule has 0 radical (unpaired) electrons. The molecule has 2 aromatic rings. The van der Waals surface area contributed by atoms with E-state index >= 15 is 0 Å². The summed E-state index contributed by atoms with van der Waals surface area (Å²) in [5.41, 5.74) is 7.18. The van der Waals surface area contributed by atoms with E-state index in [1.165, 1.54) is 18.2 Å². The smallest absolute Gasteiger partial charge is 0.255 e. The predicted octanol–water partition coefficient (Wildman–Crippen LogP) is 2.58. The summed E-state index contributed by atoms with van der Waals surface area (Å²) in [6.07, 6.45) is 0. The highest BCUT2D eigenvalue weighted by Crippen LogP contribution is 2.22. The van der Waals surface area contributed by atoms with Crippen molar-refractivity contribution in [3.8, 4) is 5.75 Å². The van der Waals surface area contributed by atoms with Gasteiger partial charge in [-0.05, 0) is 37.3 Å². The molecule has 6 heteroatoms. The zero-order valence-electron chi connectivity index (χ0n) is 10.1. The van der Waals surface area contributed by atoms with Gasteiger partial charge in [0.2, 0.25) is 0 Å². The minimum atomic E-state index is -0.359. The van der Waals surface area contributed by atoms with E-state index in [0.717, 1.165) is 0 Å². The molecular formula is C13H12ClN3O2. The lowest BCUT2D eigenvalue weighted by molar-refractivity contribution is 0.102. The van der Waals surface area contributed by atoms with E-state index in [1.54, 1.807) is 19.1 Å². The third-order valence-corrected chi connectivity index (χ3v) is 2.80. The lowest BCUT2D eigenvalue weighted by Crippen LogP contribution is -2.13. The third kappa shape index (κ3) is 2.95. The first-order valence-electron chi connectivity index (χ1n) is 5.50. The van der Waals surface area contributed by atoms with Gasteiger partial charge in [-0.2, -0.15) is 0 Å². The Bertz CT molecular complexity index is 644. The van der Waals surface area contributed by atoms with E-state index in [2.05, 4.69) is 10.3 Å². The molecule has 0 aliphatic heterocycles. The number of hydrogen-bond donors (Lipinski definition) is 3. The van der Waals surface area contributed by atoms with Crippen LogP contribution in [-0.4, -0.2) is 16.0 Å². The van der Waals surface area contributed by atoms with Crippen molar-refractivity contribution in [3.63, 3.8) is 0 Å². The van der Waals surface area contributed by atoms with Gasteiger partial charge in [0.25, 0.3) is 5.91 Å². The molecule has 98 valence electrons. The van der Waals surface area contributed by atoms with Gasteiger partial charge in [-0.3, -0.25) is 4.79 Å². The number of carbonyl (C=O) groups is 1. The molecular weight excluding hydrogens is 266 g/mol. The number of carbonyl (C=O) groups excluding carboxylic acids is 1. The molecule has 19 heavy (non-hydrogen) atoms. The standard InChI is InChI=1S/C13H12ClN3O2/c1-7-10(4-5-12(14)16-7)17-13(19)8-2-3-9(15)11(18)6-8/h2-6,18H,15H2,1H3,(H,17,19). The number of pyridine rings is 1. The first-order chi connectivity index (χ1) is 8.97. The van der Waals surface area contributed by atoms with Crippen molar-refractivity contribution >= 4 is 28.9 Å². The zero-order valence-corrected chi connectivity index (χ0v) is 10.9. The fourth-order valence-electron chi connectivity index (χ4n) is 1.54. The normalized spacial score (nSPS) is 10.2. The Morgan fingerprint density at radius 3 is 2.74 bits per heavy atom. The van der Waals surface area contributed by atoms with Gasteiger partial charge in [-0.1, -0.05) is 11.6 Å². The number of halogens is 1. The van der Waals surface area contributed by atoms with Gasteiger partial charge in [0, 0.05) is 5.56 Å². The molecule has 0 aliphatic rings. The Hall–Kier alpha value is -2.27. The van der Waals surface area contributed by atoms with Gasteiger partial charge in [0.1, 0.15) is 10.9 Å². The third-order valence-electron chi connectivity index (χ3n) is 2.59. The van der Waals surface area contributed by atoms with E-state index in [4.69, 9.17) is 17.3 Å². The van der Waals surface area contributed by atoms with Crippen LogP contribution in [0.4, 0.5) is 11.4 Å². The Morgan fingerprint density at radius 2 is 2.11 bits per heavy atom. The Kier molecular flexibility index (Phi) is 3.57. The van der Waals surface area contributed by atoms with Crippen LogP contribution in [0.5, 0.6) is 5.75 Å². The Morgan fingerprint density at radius 1 is 1.37 bits per heavy atom. The van der Waals surface area contributed by atoms with Crippen molar-refractivity contribution in [3.05, 3.63) is 46.7 Å². The summed E-state index contributed by atoms with van der Waals surface area (Å²) < 4.78 is 0. The molecule has 0 unspecified atom stereocenters. The van der Waals surface area contributed by atoms with Gasteiger partial charge in [-0.25, -0.2) is 4.98 Å². The van der Waals surface area contributed by atoms with Crippen molar-refractivity contribution < 1.29 is 9.90 Å². The van der Waals surface area contributed by atoms with E-state index in [0.29, 0.717) is 22.1 Å². The fourth-order valence-corrected chi connectivity index (χ4v) is 1.73. The molecule has 1 aromatic carbocycles. The van der Waals surface area contributed by atoms with Crippen LogP contribution in [0.25, 0.3) is 0 Å². The number of hydrogen-bond acceptors (Lipinski definition) is 4. The SMILES string of the molecule is Cc1nc(Cl)ccc1NC(=O)c1ccc(N)c(O)c1. The maximum atomic E-state index is 12.0. The van der Waals surface area contributed by atoms with E-state index < -0.39 is 0 Å². The lowest BCUT2D eigenvalue weighted by atomic mass is 10.1. The quantitative estimate of drug-likeness (QED) is 0.447. The summed E-state index contributed by atoms with van der Waals surface area (Å²) in [6.45, 7) is 1.74. The largest absolute Gasteiger partial charge is 0.506 e. The summed E-state index contributed by atoms with van der Waals surface area (Å²) in [6, 6.07) is 7.56. The van der Waals surface area contributed by atoms with Crippen LogP contribution < -0.4 is 11.1 Å². The van der Waals surface area contributed by atoms with Crippen molar-refractivity contribution in [2.45, 2.75) is 6.92 Å². The second-order valence-corrected chi connectivity index (χ2v) is 4.38. The number of amides is 1. The molecule has 4 N–H and O–H groups in total. The molecule has 5 nitrogen and oxygen atoms in total. The van der Waals surface area contributed by atoms with E-state index in [-0.39, 0.29) is 17.3 Å². The van der Waals surface area contributed by atoms with Crippen molar-refractivity contribution in [2.24, 2.45) is 0 Å². The van der Waals surface area contributed by atoms with Gasteiger partial charge in [0.05, 0.1) is 17.1 Å². The van der Waals surface area contributed by atoms with E-state index in [1.807, 2.05) is 0 Å². The average molecular weight is 278 g/mol. The first-order valence-corrected chi connectivity index (χ1v) is 5.88. The van der Waals surface area contributed by atoms with Crippen LogP contribution in [0.2, 0.25) is 5.15 Å². The number of anilines is 2. The number of nitrogen functional groups attached to an aromatic ring is 1. The number of aryl methyl sites for hydroxylation is 1. The molecule has 1 heterocycles. The summed E-state index contributed by atoms with van der Waals surface area (Å²) in [5.74, 6) is -0.485. The van der Waals surface area contributed by atoms with Crippen LogP contribution in [-0.2, 0) is 0 Å². The number of nitrogens with one attached hydrogen (secondary N) is 1. The number of aromatic hydroxyl groups is 1.